The average Bonchev–Trinajstić information content (AvgIpc) is 2.48. The van der Waals surface area contributed by atoms with Crippen LogP contribution in [0.3, 0.4) is 0 Å². The Morgan fingerprint density at radius 1 is 1.35 bits per heavy atom. The van der Waals surface area contributed by atoms with Crippen LogP contribution in [0.25, 0.3) is 0 Å². The molecule has 0 aromatic heterocycles. The van der Waals surface area contributed by atoms with Gasteiger partial charge in [0.15, 0.2) is 0 Å². The lowest BCUT2D eigenvalue weighted by atomic mass is 9.90. The Labute approximate surface area is 120 Å². The first-order chi connectivity index (χ1) is 9.69. The minimum Gasteiger partial charge on any atom is -0.493 e. The number of nitrogens with one attached hydrogen (secondary N) is 1. The molecule has 1 aromatic rings. The Morgan fingerprint density at radius 2 is 2.10 bits per heavy atom. The summed E-state index contributed by atoms with van der Waals surface area (Å²) in [7, 11) is 0. The van der Waals surface area contributed by atoms with Crippen molar-refractivity contribution in [1.82, 2.24) is 0 Å². The molecule has 0 spiro atoms. The van der Waals surface area contributed by atoms with Crippen molar-refractivity contribution in [1.29, 1.82) is 0 Å². The SMILES string of the molecule is Cc1ccc(NC(=O)CN)cc1OCC1CCCCC1. The van der Waals surface area contributed by atoms with Crippen molar-refractivity contribution in [3.8, 4) is 5.75 Å². The quantitative estimate of drug-likeness (QED) is 0.869. The molecule has 1 saturated carbocycles. The van der Waals surface area contributed by atoms with Crippen molar-refractivity contribution < 1.29 is 9.53 Å². The van der Waals surface area contributed by atoms with Crippen molar-refractivity contribution in [3.05, 3.63) is 23.8 Å². The molecule has 110 valence electrons. The Morgan fingerprint density at radius 3 is 2.80 bits per heavy atom. The molecule has 2 rings (SSSR count). The highest BCUT2D eigenvalue weighted by Gasteiger charge is 2.14. The zero-order valence-electron chi connectivity index (χ0n) is 12.2. The zero-order valence-corrected chi connectivity index (χ0v) is 12.2. The topological polar surface area (TPSA) is 64.4 Å². The predicted octanol–water partition coefficient (Wildman–Crippen LogP) is 2.85. The van der Waals surface area contributed by atoms with E-state index in [0.717, 1.165) is 23.6 Å². The summed E-state index contributed by atoms with van der Waals surface area (Å²) in [6, 6.07) is 5.71. The van der Waals surface area contributed by atoms with E-state index in [0.29, 0.717) is 5.92 Å². The Bertz CT molecular complexity index is 454. The van der Waals surface area contributed by atoms with E-state index in [1.165, 1.54) is 32.1 Å². The number of carbonyl (C=O) groups is 1. The van der Waals surface area contributed by atoms with Gasteiger partial charge in [-0.25, -0.2) is 0 Å². The molecule has 1 aromatic carbocycles. The van der Waals surface area contributed by atoms with Crippen LogP contribution in [0.4, 0.5) is 5.69 Å². The van der Waals surface area contributed by atoms with Gasteiger partial charge >= 0.3 is 0 Å². The number of rotatable bonds is 5. The second-order valence-corrected chi connectivity index (χ2v) is 5.55. The van der Waals surface area contributed by atoms with Gasteiger partial charge in [0.25, 0.3) is 0 Å². The smallest absolute Gasteiger partial charge is 0.238 e. The number of aryl methyl sites for hydroxylation is 1. The van der Waals surface area contributed by atoms with Gasteiger partial charge in [0.1, 0.15) is 5.75 Å². The minimum atomic E-state index is -0.188. The maximum atomic E-state index is 11.3. The zero-order chi connectivity index (χ0) is 14.4. The highest BCUT2D eigenvalue weighted by Crippen LogP contribution is 2.27. The van der Waals surface area contributed by atoms with Crippen molar-refractivity contribution in [2.75, 3.05) is 18.5 Å². The van der Waals surface area contributed by atoms with E-state index in [9.17, 15) is 4.79 Å². The third kappa shape index (κ3) is 4.23. The van der Waals surface area contributed by atoms with Crippen LogP contribution in [0.1, 0.15) is 37.7 Å². The number of hydrogen-bond donors (Lipinski definition) is 2. The molecular weight excluding hydrogens is 252 g/mol. The van der Waals surface area contributed by atoms with E-state index in [4.69, 9.17) is 10.5 Å². The number of amides is 1. The molecule has 4 heteroatoms. The van der Waals surface area contributed by atoms with Crippen LogP contribution >= 0.6 is 0 Å². The molecule has 1 fully saturated rings. The van der Waals surface area contributed by atoms with Crippen molar-refractivity contribution in [3.63, 3.8) is 0 Å². The first-order valence-corrected chi connectivity index (χ1v) is 7.42. The highest BCUT2D eigenvalue weighted by atomic mass is 16.5. The predicted molar refractivity (Wildman–Crippen MR) is 80.9 cm³/mol. The summed E-state index contributed by atoms with van der Waals surface area (Å²) < 4.78 is 5.95. The van der Waals surface area contributed by atoms with Gasteiger partial charge in [-0.3, -0.25) is 4.79 Å². The van der Waals surface area contributed by atoms with Gasteiger partial charge in [-0.15, -0.1) is 0 Å². The fourth-order valence-electron chi connectivity index (χ4n) is 2.61. The lowest BCUT2D eigenvalue weighted by Crippen LogP contribution is -2.22. The molecule has 3 N–H and O–H groups in total. The number of ether oxygens (including phenoxy) is 1. The molecule has 1 aliphatic carbocycles. The summed E-state index contributed by atoms with van der Waals surface area (Å²) in [5.74, 6) is 1.34. The van der Waals surface area contributed by atoms with Crippen molar-refractivity contribution in [2.45, 2.75) is 39.0 Å². The van der Waals surface area contributed by atoms with E-state index in [1.54, 1.807) is 0 Å². The number of anilines is 1. The summed E-state index contributed by atoms with van der Waals surface area (Å²) in [6.45, 7) is 2.78. The normalized spacial score (nSPS) is 15.9. The van der Waals surface area contributed by atoms with Gasteiger partial charge in [-0.1, -0.05) is 25.3 Å². The summed E-state index contributed by atoms with van der Waals surface area (Å²) >= 11 is 0. The molecule has 1 aliphatic rings. The molecule has 0 radical (unpaired) electrons. The summed E-state index contributed by atoms with van der Waals surface area (Å²) in [5.41, 5.74) is 7.13. The van der Waals surface area contributed by atoms with Crippen LogP contribution in [-0.4, -0.2) is 19.1 Å². The third-order valence-electron chi connectivity index (χ3n) is 3.86. The number of benzene rings is 1. The molecule has 0 saturated heterocycles. The lowest BCUT2D eigenvalue weighted by molar-refractivity contribution is -0.114. The van der Waals surface area contributed by atoms with E-state index in [1.807, 2.05) is 25.1 Å². The standard InChI is InChI=1S/C16H24N2O2/c1-12-7-8-14(18-16(19)10-17)9-15(12)20-11-13-5-3-2-4-6-13/h7-9,13H,2-6,10-11,17H2,1H3,(H,18,19). The molecule has 0 atom stereocenters. The first-order valence-electron chi connectivity index (χ1n) is 7.42. The highest BCUT2D eigenvalue weighted by molar-refractivity contribution is 5.92. The molecule has 4 nitrogen and oxygen atoms in total. The van der Waals surface area contributed by atoms with Crippen LogP contribution in [0.2, 0.25) is 0 Å². The molecule has 0 aliphatic heterocycles. The molecule has 0 bridgehead atoms. The third-order valence-corrected chi connectivity index (χ3v) is 3.86. The Hall–Kier alpha value is -1.55. The van der Waals surface area contributed by atoms with E-state index >= 15 is 0 Å². The van der Waals surface area contributed by atoms with Crippen molar-refractivity contribution in [2.24, 2.45) is 11.7 Å². The Balaban J connectivity index is 1.95. The van der Waals surface area contributed by atoms with E-state index < -0.39 is 0 Å². The van der Waals surface area contributed by atoms with E-state index in [2.05, 4.69) is 5.32 Å². The second kappa shape index (κ2) is 7.29. The largest absolute Gasteiger partial charge is 0.493 e. The average molecular weight is 276 g/mol. The molecule has 1 amide bonds. The first kappa shape index (κ1) is 14.9. The van der Waals surface area contributed by atoms with Crippen LogP contribution in [-0.2, 0) is 4.79 Å². The number of hydrogen-bond acceptors (Lipinski definition) is 3. The van der Waals surface area contributed by atoms with Gasteiger partial charge in [0.2, 0.25) is 5.91 Å². The summed E-state index contributed by atoms with van der Waals surface area (Å²) in [4.78, 5) is 11.3. The van der Waals surface area contributed by atoms with Gasteiger partial charge in [0.05, 0.1) is 13.2 Å². The second-order valence-electron chi connectivity index (χ2n) is 5.55. The van der Waals surface area contributed by atoms with Gasteiger partial charge < -0.3 is 15.8 Å². The van der Waals surface area contributed by atoms with Gasteiger partial charge in [0, 0.05) is 11.8 Å². The van der Waals surface area contributed by atoms with Crippen LogP contribution in [0, 0.1) is 12.8 Å². The monoisotopic (exact) mass is 276 g/mol. The number of nitrogens with two attached hydrogens (primary N) is 1. The number of carbonyl (C=O) groups excluding carboxylic acids is 1. The van der Waals surface area contributed by atoms with Crippen LogP contribution in [0.15, 0.2) is 18.2 Å². The van der Waals surface area contributed by atoms with Crippen molar-refractivity contribution >= 4 is 11.6 Å². The fraction of sp³-hybridized carbons (Fsp3) is 0.562. The molecule has 20 heavy (non-hydrogen) atoms. The van der Waals surface area contributed by atoms with Gasteiger partial charge in [-0.2, -0.15) is 0 Å². The van der Waals surface area contributed by atoms with Gasteiger partial charge in [-0.05, 0) is 37.3 Å². The van der Waals surface area contributed by atoms with Crippen LogP contribution < -0.4 is 15.8 Å². The minimum absolute atomic E-state index is 0.00780. The fourth-order valence-corrected chi connectivity index (χ4v) is 2.61. The summed E-state index contributed by atoms with van der Waals surface area (Å²) in [5, 5.41) is 2.75. The van der Waals surface area contributed by atoms with Crippen LogP contribution in [0.5, 0.6) is 5.75 Å². The molecule has 0 unspecified atom stereocenters. The summed E-state index contributed by atoms with van der Waals surface area (Å²) in [6.07, 6.45) is 6.53. The molecular formula is C16H24N2O2. The lowest BCUT2D eigenvalue weighted by Gasteiger charge is -2.22. The maximum Gasteiger partial charge on any atom is 0.238 e. The Kier molecular flexibility index (Phi) is 5.41. The maximum absolute atomic E-state index is 11.3. The van der Waals surface area contributed by atoms with E-state index in [-0.39, 0.29) is 12.5 Å². The molecule has 0 heterocycles.